The molecule has 4 rings (SSSR count). The minimum Gasteiger partial charge on any atom is -0.493 e. The standard InChI is InChI=1S/C27H28ClNO6/c1-14-23(27(31)35-5)24(16-12-21(32-2)26(34-4)22(13-16)33-3)25-19(29-14)10-15(11-20(25)30)17-8-6-7-9-18(17)28/h6-9,12-13,15,23-24H,10-11H2,1-5H3/t15-,23?,24-/m0/s1. The lowest BCUT2D eigenvalue weighted by Gasteiger charge is -2.36. The second kappa shape index (κ2) is 10.1. The highest BCUT2D eigenvalue weighted by molar-refractivity contribution is 6.31. The Morgan fingerprint density at radius 3 is 2.23 bits per heavy atom. The third kappa shape index (κ3) is 4.41. The van der Waals surface area contributed by atoms with Crippen LogP contribution in [0.5, 0.6) is 17.2 Å². The van der Waals surface area contributed by atoms with Crippen molar-refractivity contribution in [2.75, 3.05) is 28.4 Å². The number of ketones is 1. The average molecular weight is 498 g/mol. The monoisotopic (exact) mass is 497 g/mol. The van der Waals surface area contributed by atoms with Crippen LogP contribution in [-0.2, 0) is 14.3 Å². The largest absolute Gasteiger partial charge is 0.493 e. The summed E-state index contributed by atoms with van der Waals surface area (Å²) in [6, 6.07) is 11.1. The van der Waals surface area contributed by atoms with Gasteiger partial charge in [0.2, 0.25) is 5.75 Å². The van der Waals surface area contributed by atoms with E-state index in [2.05, 4.69) is 0 Å². The van der Waals surface area contributed by atoms with Gasteiger partial charge in [0, 0.05) is 34.3 Å². The zero-order chi connectivity index (χ0) is 25.3. The molecule has 184 valence electrons. The van der Waals surface area contributed by atoms with Crippen molar-refractivity contribution in [1.29, 1.82) is 0 Å². The lowest BCUT2D eigenvalue weighted by Crippen LogP contribution is -2.37. The third-order valence-electron chi connectivity index (χ3n) is 6.73. The first kappa shape index (κ1) is 24.8. The van der Waals surface area contributed by atoms with Crippen LogP contribution in [0.3, 0.4) is 0 Å². The summed E-state index contributed by atoms with van der Waals surface area (Å²) in [6.45, 7) is 1.79. The Morgan fingerprint density at radius 2 is 1.66 bits per heavy atom. The molecule has 1 aliphatic heterocycles. The second-order valence-electron chi connectivity index (χ2n) is 8.60. The number of ether oxygens (including phenoxy) is 4. The summed E-state index contributed by atoms with van der Waals surface area (Å²) in [4.78, 5) is 31.4. The first-order valence-electron chi connectivity index (χ1n) is 11.3. The van der Waals surface area contributed by atoms with Crippen LogP contribution in [0.4, 0.5) is 0 Å². The van der Waals surface area contributed by atoms with Crippen molar-refractivity contribution >= 4 is 29.1 Å². The zero-order valence-electron chi connectivity index (χ0n) is 20.4. The highest BCUT2D eigenvalue weighted by Crippen LogP contribution is 2.50. The summed E-state index contributed by atoms with van der Waals surface area (Å²) in [5.41, 5.74) is 3.37. The summed E-state index contributed by atoms with van der Waals surface area (Å²) in [5.74, 6) is -0.697. The van der Waals surface area contributed by atoms with Crippen LogP contribution in [0.1, 0.15) is 42.7 Å². The third-order valence-corrected chi connectivity index (χ3v) is 7.08. The van der Waals surface area contributed by atoms with Gasteiger partial charge in [-0.25, -0.2) is 0 Å². The van der Waals surface area contributed by atoms with Gasteiger partial charge in [0.15, 0.2) is 17.3 Å². The smallest absolute Gasteiger partial charge is 0.315 e. The Hall–Kier alpha value is -3.32. The summed E-state index contributed by atoms with van der Waals surface area (Å²) in [7, 11) is 5.91. The molecule has 0 bridgehead atoms. The minimum absolute atomic E-state index is 0.0694. The van der Waals surface area contributed by atoms with E-state index in [-0.39, 0.29) is 18.1 Å². The minimum atomic E-state index is -0.762. The van der Waals surface area contributed by atoms with Crippen molar-refractivity contribution in [2.24, 2.45) is 10.9 Å². The van der Waals surface area contributed by atoms with Gasteiger partial charge in [-0.3, -0.25) is 14.6 Å². The molecule has 0 saturated heterocycles. The van der Waals surface area contributed by atoms with Gasteiger partial charge in [0.25, 0.3) is 0 Å². The molecule has 7 nitrogen and oxygen atoms in total. The van der Waals surface area contributed by atoms with E-state index < -0.39 is 17.8 Å². The fourth-order valence-electron chi connectivity index (χ4n) is 5.16. The molecule has 0 spiro atoms. The van der Waals surface area contributed by atoms with E-state index in [1.807, 2.05) is 24.3 Å². The van der Waals surface area contributed by atoms with Crippen LogP contribution >= 0.6 is 11.6 Å². The topological polar surface area (TPSA) is 83.4 Å². The molecule has 2 aromatic rings. The fraction of sp³-hybridized carbons (Fsp3) is 0.370. The Labute approximate surface area is 209 Å². The van der Waals surface area contributed by atoms with E-state index in [9.17, 15) is 9.59 Å². The number of rotatable bonds is 6. The van der Waals surface area contributed by atoms with E-state index in [0.717, 1.165) is 5.56 Å². The predicted molar refractivity (Wildman–Crippen MR) is 133 cm³/mol. The van der Waals surface area contributed by atoms with Crippen LogP contribution in [-0.4, -0.2) is 45.9 Å². The molecule has 2 aromatic carbocycles. The Bertz CT molecular complexity index is 1210. The van der Waals surface area contributed by atoms with Gasteiger partial charge < -0.3 is 18.9 Å². The summed E-state index contributed by atoms with van der Waals surface area (Å²) < 4.78 is 21.7. The van der Waals surface area contributed by atoms with Crippen LogP contribution in [0, 0.1) is 5.92 Å². The maximum atomic E-state index is 13.7. The number of benzene rings is 2. The first-order chi connectivity index (χ1) is 16.8. The number of nitrogens with zero attached hydrogens (tertiary/aromatic N) is 1. The highest BCUT2D eigenvalue weighted by atomic mass is 35.5. The van der Waals surface area contributed by atoms with Gasteiger partial charge in [0.05, 0.1) is 28.4 Å². The molecule has 3 atom stereocenters. The maximum absolute atomic E-state index is 13.7. The van der Waals surface area contributed by atoms with Gasteiger partial charge in [-0.05, 0) is 48.6 Å². The quantitative estimate of drug-likeness (QED) is 0.515. The predicted octanol–water partition coefficient (Wildman–Crippen LogP) is 5.11. The number of allylic oxidation sites excluding steroid dienone is 2. The Balaban J connectivity index is 1.89. The van der Waals surface area contributed by atoms with Crippen LogP contribution in [0.15, 0.2) is 52.7 Å². The number of aliphatic imine (C=N–C) groups is 1. The zero-order valence-corrected chi connectivity index (χ0v) is 21.1. The molecule has 1 heterocycles. The molecule has 0 radical (unpaired) electrons. The number of carbonyl (C=O) groups is 2. The highest BCUT2D eigenvalue weighted by Gasteiger charge is 2.45. The molecule has 0 saturated carbocycles. The maximum Gasteiger partial charge on any atom is 0.315 e. The Kier molecular flexibility index (Phi) is 7.17. The molecule has 0 aromatic heterocycles. The molecule has 1 aliphatic carbocycles. The van der Waals surface area contributed by atoms with E-state index >= 15 is 0 Å². The van der Waals surface area contributed by atoms with Crippen molar-refractivity contribution in [2.45, 2.75) is 31.6 Å². The lowest BCUT2D eigenvalue weighted by atomic mass is 9.69. The summed E-state index contributed by atoms with van der Waals surface area (Å²) >= 11 is 6.45. The first-order valence-corrected chi connectivity index (χ1v) is 11.7. The van der Waals surface area contributed by atoms with E-state index in [0.29, 0.717) is 51.2 Å². The number of hydrogen-bond acceptors (Lipinski definition) is 7. The molecular weight excluding hydrogens is 470 g/mol. The summed E-state index contributed by atoms with van der Waals surface area (Å²) in [6.07, 6.45) is 0.808. The van der Waals surface area contributed by atoms with E-state index in [1.54, 1.807) is 19.1 Å². The van der Waals surface area contributed by atoms with Gasteiger partial charge >= 0.3 is 5.97 Å². The number of carbonyl (C=O) groups excluding carboxylic acids is 2. The molecule has 1 unspecified atom stereocenters. The number of methoxy groups -OCH3 is 4. The van der Waals surface area contributed by atoms with Gasteiger partial charge in [-0.15, -0.1) is 0 Å². The number of Topliss-reactive ketones (excluding diaryl/α,β-unsaturated/α-hetero) is 1. The Morgan fingerprint density at radius 1 is 1.00 bits per heavy atom. The summed E-state index contributed by atoms with van der Waals surface area (Å²) in [5, 5.41) is 0.625. The van der Waals surface area contributed by atoms with Crippen molar-refractivity contribution in [3.63, 3.8) is 0 Å². The molecule has 0 fully saturated rings. The molecule has 0 amide bonds. The van der Waals surface area contributed by atoms with Crippen LogP contribution in [0.2, 0.25) is 5.02 Å². The fourth-order valence-corrected chi connectivity index (χ4v) is 5.45. The molecule has 2 aliphatic rings. The normalized spacial score (nSPS) is 21.7. The molecule has 35 heavy (non-hydrogen) atoms. The SMILES string of the molecule is COC(=O)C1C(C)=NC2=C(C(=O)C[C@@H](c3ccccc3Cl)C2)[C@H]1c1cc(OC)c(OC)c(OC)c1. The van der Waals surface area contributed by atoms with Gasteiger partial charge in [0.1, 0.15) is 5.92 Å². The van der Waals surface area contributed by atoms with Crippen LogP contribution in [0.25, 0.3) is 0 Å². The van der Waals surface area contributed by atoms with Crippen LogP contribution < -0.4 is 14.2 Å². The number of halogens is 1. The van der Waals surface area contributed by atoms with Crippen molar-refractivity contribution in [3.05, 3.63) is 63.8 Å². The molecule has 0 N–H and O–H groups in total. The number of hydrogen-bond donors (Lipinski definition) is 0. The molecular formula is C27H28ClNO6. The average Bonchev–Trinajstić information content (AvgIpc) is 2.86. The van der Waals surface area contributed by atoms with Crippen molar-refractivity contribution in [1.82, 2.24) is 0 Å². The van der Waals surface area contributed by atoms with Gasteiger partial charge in [-0.2, -0.15) is 0 Å². The van der Waals surface area contributed by atoms with Gasteiger partial charge in [-0.1, -0.05) is 29.8 Å². The van der Waals surface area contributed by atoms with E-state index in [1.165, 1.54) is 28.4 Å². The van der Waals surface area contributed by atoms with Crippen molar-refractivity contribution < 1.29 is 28.5 Å². The second-order valence-corrected chi connectivity index (χ2v) is 9.01. The lowest BCUT2D eigenvalue weighted by molar-refractivity contribution is -0.143. The molecule has 8 heteroatoms. The van der Waals surface area contributed by atoms with E-state index in [4.69, 9.17) is 35.5 Å². The number of esters is 1. The van der Waals surface area contributed by atoms with Crippen molar-refractivity contribution in [3.8, 4) is 17.2 Å².